The normalized spacial score (nSPS) is 14.3. The molecule has 0 aromatic carbocycles. The Bertz CT molecular complexity index is 161. The van der Waals surface area contributed by atoms with E-state index in [1.807, 2.05) is 0 Å². The maximum Gasteiger partial charge on any atom is 0.457 e. The van der Waals surface area contributed by atoms with Crippen molar-refractivity contribution >= 4 is 18.6 Å². The summed E-state index contributed by atoms with van der Waals surface area (Å²) < 4.78 is 34.8. The van der Waals surface area contributed by atoms with Gasteiger partial charge in [0.15, 0.2) is 0 Å². The number of carboxylic acid groups (broad SMARTS) is 1. The van der Waals surface area contributed by atoms with Gasteiger partial charge in [-0.15, -0.1) is 0 Å². The third kappa shape index (κ3) is 5.25. The van der Waals surface area contributed by atoms with Crippen LogP contribution in [0.25, 0.3) is 0 Å². The molecule has 0 amide bonds. The third-order valence-corrected chi connectivity index (χ3v) is 1.31. The van der Waals surface area contributed by atoms with E-state index in [0.717, 1.165) is 5.32 Å². The summed E-state index contributed by atoms with van der Waals surface area (Å²) in [7, 11) is 0. The fourth-order valence-corrected chi connectivity index (χ4v) is 0.842. The number of thiol groups is 1. The second-order valence-electron chi connectivity index (χ2n) is 2.05. The van der Waals surface area contributed by atoms with Crippen LogP contribution in [0.1, 0.15) is 6.42 Å². The Balaban J connectivity index is 4.05. The van der Waals surface area contributed by atoms with Crippen LogP contribution in [0.5, 0.6) is 0 Å². The van der Waals surface area contributed by atoms with E-state index in [2.05, 4.69) is 12.6 Å². The first kappa shape index (κ1) is 11.6. The van der Waals surface area contributed by atoms with Gasteiger partial charge in [0.1, 0.15) is 6.04 Å². The van der Waals surface area contributed by atoms with Crippen LogP contribution in [0.3, 0.4) is 0 Å². The highest BCUT2D eigenvalue weighted by atomic mass is 32.1. The van der Waals surface area contributed by atoms with Crippen LogP contribution in [0.4, 0.5) is 13.2 Å². The highest BCUT2D eigenvalue weighted by molar-refractivity contribution is 7.80. The molecule has 1 atom stereocenters. The molecule has 0 aliphatic heterocycles. The van der Waals surface area contributed by atoms with E-state index in [0.29, 0.717) is 0 Å². The molecule has 0 fully saturated rings. The molecule has 0 spiro atoms. The van der Waals surface area contributed by atoms with E-state index in [9.17, 15) is 18.0 Å². The molecular formula is C5H8F3NO2S. The van der Waals surface area contributed by atoms with Gasteiger partial charge in [-0.25, -0.2) is 5.32 Å². The van der Waals surface area contributed by atoms with Crippen molar-refractivity contribution in [1.29, 1.82) is 0 Å². The molecule has 3 nitrogen and oxygen atoms in total. The van der Waals surface area contributed by atoms with E-state index in [1.54, 1.807) is 0 Å². The molecule has 2 N–H and O–H groups in total. The van der Waals surface area contributed by atoms with Gasteiger partial charge in [0.25, 0.3) is 0 Å². The van der Waals surface area contributed by atoms with Gasteiger partial charge in [-0.2, -0.15) is 25.8 Å². The molecule has 0 aliphatic carbocycles. The van der Waals surface area contributed by atoms with Gasteiger partial charge in [0.2, 0.25) is 0 Å². The van der Waals surface area contributed by atoms with Crippen LogP contribution >= 0.6 is 12.6 Å². The van der Waals surface area contributed by atoms with E-state index in [-0.39, 0.29) is 12.2 Å². The summed E-state index contributed by atoms with van der Waals surface area (Å²) in [5, 5.41) is 9.28. The molecule has 0 saturated carbocycles. The zero-order valence-corrected chi connectivity index (χ0v) is 6.82. The first-order valence-corrected chi connectivity index (χ1v) is 3.68. The summed E-state index contributed by atoms with van der Waals surface area (Å²) in [6.07, 6.45) is -4.83. The van der Waals surface area contributed by atoms with Crippen molar-refractivity contribution in [3.63, 3.8) is 0 Å². The van der Waals surface area contributed by atoms with Gasteiger partial charge in [0.05, 0.1) is 0 Å². The number of hydrogen-bond acceptors (Lipinski definition) is 3. The van der Waals surface area contributed by atoms with Gasteiger partial charge in [-0.3, -0.25) is 4.79 Å². The zero-order chi connectivity index (χ0) is 9.78. The van der Waals surface area contributed by atoms with E-state index in [4.69, 9.17) is 5.11 Å². The number of rotatable bonds is 4. The van der Waals surface area contributed by atoms with Crippen LogP contribution in [0.2, 0.25) is 0 Å². The van der Waals surface area contributed by atoms with Gasteiger partial charge >= 0.3 is 12.3 Å². The highest BCUT2D eigenvalue weighted by Crippen LogP contribution is 2.12. The smallest absolute Gasteiger partial charge is 0.457 e. The second kappa shape index (κ2) is 4.56. The summed E-state index contributed by atoms with van der Waals surface area (Å²) in [5.41, 5.74) is 0. The number of alkyl halides is 3. The zero-order valence-electron chi connectivity index (χ0n) is 5.93. The Kier molecular flexibility index (Phi) is 4.40. The van der Waals surface area contributed by atoms with Crippen LogP contribution < -0.4 is 5.32 Å². The van der Waals surface area contributed by atoms with Gasteiger partial charge in [-0.1, -0.05) is 0 Å². The standard InChI is InChI=1S/C5H8F3NO2S/c6-5(7,8)9-3(1-2-12)4(10)11/h3,9,12H,1-2H2,(H,10,11)/t3-/m1/s1. The van der Waals surface area contributed by atoms with Crippen molar-refractivity contribution in [3.05, 3.63) is 0 Å². The highest BCUT2D eigenvalue weighted by Gasteiger charge is 2.33. The lowest BCUT2D eigenvalue weighted by atomic mass is 10.2. The molecule has 0 rings (SSSR count). The van der Waals surface area contributed by atoms with Crippen LogP contribution in [0, 0.1) is 0 Å². The van der Waals surface area contributed by atoms with Gasteiger partial charge in [0, 0.05) is 0 Å². The molecule has 0 bridgehead atoms. The van der Waals surface area contributed by atoms with Gasteiger partial charge in [-0.05, 0) is 12.2 Å². The largest absolute Gasteiger partial charge is 0.480 e. The van der Waals surface area contributed by atoms with Crippen molar-refractivity contribution in [2.45, 2.75) is 18.8 Å². The predicted octanol–water partition coefficient (Wildman–Crippen LogP) is 0.869. The molecule has 0 unspecified atom stereocenters. The number of hydrogen-bond donors (Lipinski definition) is 3. The minimum absolute atomic E-state index is 0.0834. The number of carbonyl (C=O) groups is 1. The molecule has 0 radical (unpaired) electrons. The number of halogens is 3. The first-order chi connectivity index (χ1) is 5.37. The first-order valence-electron chi connectivity index (χ1n) is 3.05. The minimum atomic E-state index is -4.66. The summed E-state index contributed by atoms with van der Waals surface area (Å²) in [6, 6.07) is -1.61. The molecule has 72 valence electrons. The van der Waals surface area contributed by atoms with Crippen LogP contribution in [0.15, 0.2) is 0 Å². The molecule has 0 heterocycles. The topological polar surface area (TPSA) is 49.3 Å². The van der Waals surface area contributed by atoms with E-state index in [1.165, 1.54) is 0 Å². The second-order valence-corrected chi connectivity index (χ2v) is 2.49. The number of nitrogens with one attached hydrogen (secondary N) is 1. The molecule has 0 aromatic rings. The van der Waals surface area contributed by atoms with Crippen molar-refractivity contribution in [3.8, 4) is 0 Å². The molecule has 0 saturated heterocycles. The van der Waals surface area contributed by atoms with Gasteiger partial charge < -0.3 is 5.11 Å². The predicted molar refractivity (Wildman–Crippen MR) is 39.1 cm³/mol. The average Bonchev–Trinajstić information content (AvgIpc) is 1.83. The number of aliphatic carboxylic acids is 1. The molecule has 0 aromatic heterocycles. The Morgan fingerprint density at radius 2 is 2.08 bits per heavy atom. The summed E-state index contributed by atoms with van der Waals surface area (Å²) >= 11 is 3.63. The Morgan fingerprint density at radius 3 is 2.33 bits per heavy atom. The van der Waals surface area contributed by atoms with Crippen molar-refractivity contribution < 1.29 is 23.1 Å². The van der Waals surface area contributed by atoms with Crippen LogP contribution in [-0.2, 0) is 4.79 Å². The Labute approximate surface area is 72.4 Å². The fourth-order valence-electron chi connectivity index (χ4n) is 0.584. The average molecular weight is 203 g/mol. The lowest BCUT2D eigenvalue weighted by Crippen LogP contribution is -2.45. The monoisotopic (exact) mass is 203 g/mol. The quantitative estimate of drug-likeness (QED) is 0.469. The summed E-state index contributed by atoms with van der Waals surface area (Å²) in [4.78, 5) is 10.2. The lowest BCUT2D eigenvalue weighted by molar-refractivity contribution is -0.174. The fraction of sp³-hybridized carbons (Fsp3) is 0.800. The lowest BCUT2D eigenvalue weighted by Gasteiger charge is -2.15. The maximum atomic E-state index is 11.6. The Hall–Kier alpha value is -0.430. The van der Waals surface area contributed by atoms with Crippen LogP contribution in [-0.4, -0.2) is 29.2 Å². The van der Waals surface area contributed by atoms with Crippen molar-refractivity contribution in [2.75, 3.05) is 5.75 Å². The Morgan fingerprint density at radius 1 is 1.58 bits per heavy atom. The maximum absolute atomic E-state index is 11.6. The van der Waals surface area contributed by atoms with E-state index >= 15 is 0 Å². The van der Waals surface area contributed by atoms with Crippen molar-refractivity contribution in [1.82, 2.24) is 5.32 Å². The molecule has 12 heavy (non-hydrogen) atoms. The SMILES string of the molecule is O=C(O)[C@@H](CCS)NC(F)(F)F. The third-order valence-electron chi connectivity index (χ3n) is 1.05. The summed E-state index contributed by atoms with van der Waals surface area (Å²) in [5.74, 6) is -1.44. The summed E-state index contributed by atoms with van der Waals surface area (Å²) in [6.45, 7) is 0. The molecule has 0 aliphatic rings. The molecular weight excluding hydrogens is 195 g/mol. The molecule has 7 heteroatoms. The number of carboxylic acids is 1. The van der Waals surface area contributed by atoms with Crippen molar-refractivity contribution in [2.24, 2.45) is 0 Å². The van der Waals surface area contributed by atoms with E-state index < -0.39 is 18.3 Å². The minimum Gasteiger partial charge on any atom is -0.480 e.